The van der Waals surface area contributed by atoms with Gasteiger partial charge in [0.05, 0.1) is 12.7 Å². The number of rotatable bonds is 3. The topological polar surface area (TPSA) is 40.5 Å². The summed E-state index contributed by atoms with van der Waals surface area (Å²) in [5.41, 5.74) is 0. The quantitative estimate of drug-likeness (QED) is 0.647. The van der Waals surface area contributed by atoms with E-state index in [9.17, 15) is 5.11 Å². The second-order valence-electron chi connectivity index (χ2n) is 3.75. The van der Waals surface area contributed by atoms with E-state index < -0.39 is 6.10 Å². The minimum absolute atomic E-state index is 0.118. The van der Waals surface area contributed by atoms with Crippen LogP contribution in [0.25, 0.3) is 0 Å². The Morgan fingerprint density at radius 2 is 2.38 bits per heavy atom. The molecule has 0 aromatic rings. The molecule has 1 aliphatic carbocycles. The zero-order valence-corrected chi connectivity index (χ0v) is 8.06. The van der Waals surface area contributed by atoms with Gasteiger partial charge < -0.3 is 10.2 Å². The van der Waals surface area contributed by atoms with Gasteiger partial charge in [0.25, 0.3) is 0 Å². The Bertz CT molecular complexity index is 198. The number of hydrogen-bond donors (Lipinski definition) is 2. The normalized spacial score (nSPS) is 35.8. The van der Waals surface area contributed by atoms with E-state index >= 15 is 0 Å². The summed E-state index contributed by atoms with van der Waals surface area (Å²) >= 11 is 0. The van der Waals surface area contributed by atoms with Crippen LogP contribution in [0.3, 0.4) is 0 Å². The highest BCUT2D eigenvalue weighted by atomic mass is 16.3. The lowest BCUT2D eigenvalue weighted by molar-refractivity contribution is 0.0139. The fourth-order valence-electron chi connectivity index (χ4n) is 2.14. The summed E-state index contributed by atoms with van der Waals surface area (Å²) in [6.45, 7) is 5.66. The summed E-state index contributed by atoms with van der Waals surface area (Å²) in [4.78, 5) is 0. The molecule has 2 N–H and O–H groups in total. The average molecular weight is 182 g/mol. The molecular formula is C11H18O2. The molecule has 0 amide bonds. The first kappa shape index (κ1) is 10.5. The summed E-state index contributed by atoms with van der Waals surface area (Å²) in [5, 5.41) is 18.5. The molecule has 1 unspecified atom stereocenters. The van der Waals surface area contributed by atoms with E-state index in [1.807, 2.05) is 6.08 Å². The highest BCUT2D eigenvalue weighted by molar-refractivity contribution is 5.05. The van der Waals surface area contributed by atoms with E-state index in [0.29, 0.717) is 11.8 Å². The van der Waals surface area contributed by atoms with Gasteiger partial charge in [-0.2, -0.15) is 0 Å². The predicted molar refractivity (Wildman–Crippen MR) is 53.2 cm³/mol. The third-order valence-corrected chi connectivity index (χ3v) is 2.88. The van der Waals surface area contributed by atoms with Gasteiger partial charge in [-0.25, -0.2) is 0 Å². The van der Waals surface area contributed by atoms with Crippen LogP contribution in [0.2, 0.25) is 0 Å². The number of aliphatic hydroxyl groups is 2. The van der Waals surface area contributed by atoms with E-state index in [1.54, 1.807) is 0 Å². The molecule has 2 heteroatoms. The van der Waals surface area contributed by atoms with Gasteiger partial charge >= 0.3 is 0 Å². The molecule has 0 saturated heterocycles. The van der Waals surface area contributed by atoms with E-state index in [-0.39, 0.29) is 12.5 Å². The summed E-state index contributed by atoms with van der Waals surface area (Å²) in [7, 11) is 0. The molecule has 0 aromatic heterocycles. The number of hydrogen-bond acceptors (Lipinski definition) is 2. The number of aliphatic hydroxyl groups excluding tert-OH is 2. The Morgan fingerprint density at radius 1 is 1.69 bits per heavy atom. The van der Waals surface area contributed by atoms with Crippen molar-refractivity contribution >= 4 is 0 Å². The molecule has 4 atom stereocenters. The third kappa shape index (κ3) is 2.20. The standard InChI is InChI=1S/C11H18O2/c1-3-9-6-4-5-8(2)11(9)10(13)7-12/h3-5,8-13H,1,6-7H2,2H3/t8-,9+,10?,11+/m1/s1. The molecular weight excluding hydrogens is 164 g/mol. The lowest BCUT2D eigenvalue weighted by Gasteiger charge is -2.34. The zero-order chi connectivity index (χ0) is 9.84. The Hall–Kier alpha value is -0.600. The second-order valence-corrected chi connectivity index (χ2v) is 3.75. The zero-order valence-electron chi connectivity index (χ0n) is 8.06. The van der Waals surface area contributed by atoms with Gasteiger partial charge in [0.1, 0.15) is 0 Å². The van der Waals surface area contributed by atoms with E-state index in [4.69, 9.17) is 5.11 Å². The molecule has 0 bridgehead atoms. The van der Waals surface area contributed by atoms with Crippen molar-refractivity contribution in [2.45, 2.75) is 19.4 Å². The van der Waals surface area contributed by atoms with Crippen LogP contribution in [0.5, 0.6) is 0 Å². The van der Waals surface area contributed by atoms with Crippen LogP contribution in [0.1, 0.15) is 13.3 Å². The molecule has 0 aliphatic heterocycles. The minimum Gasteiger partial charge on any atom is -0.394 e. The van der Waals surface area contributed by atoms with Crippen LogP contribution in [0, 0.1) is 17.8 Å². The summed E-state index contributed by atoms with van der Waals surface area (Å²) in [6.07, 6.45) is 6.41. The molecule has 2 nitrogen and oxygen atoms in total. The Morgan fingerprint density at radius 3 is 2.92 bits per heavy atom. The fraction of sp³-hybridized carbons (Fsp3) is 0.636. The molecule has 0 heterocycles. The Balaban J connectivity index is 2.75. The third-order valence-electron chi connectivity index (χ3n) is 2.88. The molecule has 1 rings (SSSR count). The van der Waals surface area contributed by atoms with Crippen LogP contribution in [-0.4, -0.2) is 22.9 Å². The second kappa shape index (κ2) is 4.58. The van der Waals surface area contributed by atoms with E-state index in [1.165, 1.54) is 0 Å². The lowest BCUT2D eigenvalue weighted by Crippen LogP contribution is -2.35. The van der Waals surface area contributed by atoms with Crippen molar-refractivity contribution < 1.29 is 10.2 Å². The monoisotopic (exact) mass is 182 g/mol. The first-order valence-corrected chi connectivity index (χ1v) is 4.78. The average Bonchev–Trinajstić information content (AvgIpc) is 2.16. The van der Waals surface area contributed by atoms with Crippen molar-refractivity contribution in [3.63, 3.8) is 0 Å². The van der Waals surface area contributed by atoms with Gasteiger partial charge in [0.2, 0.25) is 0 Å². The largest absolute Gasteiger partial charge is 0.394 e. The molecule has 0 fully saturated rings. The van der Waals surface area contributed by atoms with Crippen molar-refractivity contribution in [2.24, 2.45) is 17.8 Å². The highest BCUT2D eigenvalue weighted by Crippen LogP contribution is 2.33. The van der Waals surface area contributed by atoms with Gasteiger partial charge in [-0.3, -0.25) is 0 Å². The predicted octanol–water partition coefficient (Wildman–Crippen LogP) is 1.35. The van der Waals surface area contributed by atoms with Crippen molar-refractivity contribution in [1.29, 1.82) is 0 Å². The van der Waals surface area contributed by atoms with Gasteiger partial charge in [0.15, 0.2) is 0 Å². The van der Waals surface area contributed by atoms with Crippen molar-refractivity contribution in [2.75, 3.05) is 6.61 Å². The van der Waals surface area contributed by atoms with Gasteiger partial charge in [-0.1, -0.05) is 25.2 Å². The first-order chi connectivity index (χ1) is 6.20. The maximum Gasteiger partial charge on any atom is 0.0810 e. The lowest BCUT2D eigenvalue weighted by atomic mass is 9.74. The maximum absolute atomic E-state index is 9.62. The molecule has 0 radical (unpaired) electrons. The maximum atomic E-state index is 9.62. The molecule has 74 valence electrons. The van der Waals surface area contributed by atoms with Crippen molar-refractivity contribution in [3.8, 4) is 0 Å². The van der Waals surface area contributed by atoms with Crippen molar-refractivity contribution in [3.05, 3.63) is 24.8 Å². The van der Waals surface area contributed by atoms with E-state index in [2.05, 4.69) is 25.7 Å². The Kier molecular flexibility index (Phi) is 3.70. The molecule has 13 heavy (non-hydrogen) atoms. The van der Waals surface area contributed by atoms with Crippen LogP contribution >= 0.6 is 0 Å². The SMILES string of the molecule is C=C[C@H]1CC=C[C@@H](C)[C@@H]1C(O)CO. The van der Waals surface area contributed by atoms with Crippen LogP contribution in [0.4, 0.5) is 0 Å². The van der Waals surface area contributed by atoms with Gasteiger partial charge in [-0.05, 0) is 24.2 Å². The molecule has 0 spiro atoms. The molecule has 0 aromatic carbocycles. The minimum atomic E-state index is -0.622. The smallest absolute Gasteiger partial charge is 0.0810 e. The van der Waals surface area contributed by atoms with Crippen LogP contribution < -0.4 is 0 Å². The summed E-state index contributed by atoms with van der Waals surface area (Å²) in [6, 6.07) is 0. The van der Waals surface area contributed by atoms with Crippen LogP contribution in [-0.2, 0) is 0 Å². The highest BCUT2D eigenvalue weighted by Gasteiger charge is 2.31. The summed E-state index contributed by atoms with van der Waals surface area (Å²) in [5.74, 6) is 0.730. The first-order valence-electron chi connectivity index (χ1n) is 4.78. The van der Waals surface area contributed by atoms with Gasteiger partial charge in [0, 0.05) is 0 Å². The molecule has 0 saturated carbocycles. The van der Waals surface area contributed by atoms with Gasteiger partial charge in [-0.15, -0.1) is 6.58 Å². The van der Waals surface area contributed by atoms with E-state index in [0.717, 1.165) is 6.42 Å². The Labute approximate surface area is 79.6 Å². The number of allylic oxidation sites excluding steroid dienone is 3. The van der Waals surface area contributed by atoms with Crippen LogP contribution in [0.15, 0.2) is 24.8 Å². The van der Waals surface area contributed by atoms with Crippen molar-refractivity contribution in [1.82, 2.24) is 0 Å². The summed E-state index contributed by atoms with van der Waals surface area (Å²) < 4.78 is 0. The molecule has 1 aliphatic rings. The fourth-order valence-corrected chi connectivity index (χ4v) is 2.14.